The zero-order valence-electron chi connectivity index (χ0n) is 14.0. The van der Waals surface area contributed by atoms with Crippen LogP contribution in [0.4, 0.5) is 0 Å². The van der Waals surface area contributed by atoms with E-state index in [0.29, 0.717) is 6.42 Å². The van der Waals surface area contributed by atoms with Gasteiger partial charge in [0.1, 0.15) is 5.25 Å². The van der Waals surface area contributed by atoms with Gasteiger partial charge in [0.2, 0.25) is 10.0 Å². The Morgan fingerprint density at radius 2 is 2.13 bits per heavy atom. The fourth-order valence-corrected chi connectivity index (χ4v) is 3.86. The summed E-state index contributed by atoms with van der Waals surface area (Å²) in [5, 5.41) is 0.468. The van der Waals surface area contributed by atoms with Crippen LogP contribution >= 0.6 is 0 Å². The number of hydrogen-bond donors (Lipinski definition) is 2. The van der Waals surface area contributed by atoms with Crippen LogP contribution in [0.25, 0.3) is 10.9 Å². The average molecular weight is 335 g/mol. The first-order chi connectivity index (χ1) is 10.9. The molecule has 0 saturated heterocycles. The highest BCUT2D eigenvalue weighted by Crippen LogP contribution is 2.29. The molecule has 1 atom stereocenters. The molecule has 0 bridgehead atoms. The minimum atomic E-state index is -3.41. The lowest BCUT2D eigenvalue weighted by atomic mass is 10.0. The first kappa shape index (κ1) is 17.7. The fraction of sp³-hybridized carbons (Fsp3) is 0.412. The van der Waals surface area contributed by atoms with Gasteiger partial charge in [-0.25, -0.2) is 13.1 Å². The van der Waals surface area contributed by atoms with Crippen molar-refractivity contribution in [1.29, 1.82) is 0 Å². The second-order valence-corrected chi connectivity index (χ2v) is 8.00. The van der Waals surface area contributed by atoms with Gasteiger partial charge in [-0.3, -0.25) is 0 Å². The van der Waals surface area contributed by atoms with Crippen molar-refractivity contribution in [2.45, 2.75) is 18.1 Å². The van der Waals surface area contributed by atoms with Crippen LogP contribution in [0.2, 0.25) is 0 Å². The Kier molecular flexibility index (Phi) is 5.62. The summed E-state index contributed by atoms with van der Waals surface area (Å²) in [5.74, 6) is 0. The summed E-state index contributed by atoms with van der Waals surface area (Å²) in [6.45, 7) is 4.64. The topological polar surface area (TPSA) is 65.2 Å². The van der Waals surface area contributed by atoms with E-state index in [9.17, 15) is 8.42 Å². The third kappa shape index (κ3) is 4.02. The number of aromatic nitrogens is 1. The maximum Gasteiger partial charge on any atom is 0.218 e. The molecule has 0 aliphatic heterocycles. The Hall–Kier alpha value is -1.63. The maximum atomic E-state index is 12.3. The number of benzene rings is 1. The smallest absolute Gasteiger partial charge is 0.218 e. The van der Waals surface area contributed by atoms with Crippen LogP contribution in [0.3, 0.4) is 0 Å². The van der Waals surface area contributed by atoms with E-state index >= 15 is 0 Å². The number of nitrogens with one attached hydrogen (secondary N) is 2. The standard InChI is InChI=1S/C17H25N3O2S/c1-5-6-17(23(21,22)18-2)13-7-8-16-15(11-13)14(12-19-16)9-10-20(3)4/h5,7-8,11-12,17-19H,1,6,9-10H2,2-4H3. The number of aromatic amines is 1. The van der Waals surface area contributed by atoms with Gasteiger partial charge in [0.25, 0.3) is 0 Å². The van der Waals surface area contributed by atoms with Gasteiger partial charge in [0.15, 0.2) is 0 Å². The van der Waals surface area contributed by atoms with E-state index in [1.807, 2.05) is 38.5 Å². The van der Waals surface area contributed by atoms with E-state index in [0.717, 1.165) is 29.4 Å². The third-order valence-electron chi connectivity index (χ3n) is 4.03. The van der Waals surface area contributed by atoms with E-state index < -0.39 is 15.3 Å². The Balaban J connectivity index is 2.44. The minimum absolute atomic E-state index is 0.381. The number of sulfonamides is 1. The van der Waals surface area contributed by atoms with E-state index in [4.69, 9.17) is 0 Å². The largest absolute Gasteiger partial charge is 0.361 e. The lowest BCUT2D eigenvalue weighted by molar-refractivity contribution is 0.414. The molecule has 0 amide bonds. The SMILES string of the molecule is C=CCC(c1ccc2[nH]cc(CCN(C)C)c2c1)S(=O)(=O)NC. The monoisotopic (exact) mass is 335 g/mol. The summed E-state index contributed by atoms with van der Waals surface area (Å²) in [6, 6.07) is 5.81. The van der Waals surface area contributed by atoms with Crippen molar-refractivity contribution in [1.82, 2.24) is 14.6 Å². The third-order valence-corrected chi connectivity index (χ3v) is 5.81. The van der Waals surface area contributed by atoms with Crippen LogP contribution in [0.1, 0.15) is 22.8 Å². The molecule has 5 nitrogen and oxygen atoms in total. The van der Waals surface area contributed by atoms with E-state index in [-0.39, 0.29) is 0 Å². The van der Waals surface area contributed by atoms with E-state index in [1.54, 1.807) is 6.08 Å². The van der Waals surface area contributed by atoms with Crippen LogP contribution in [-0.4, -0.2) is 46.0 Å². The first-order valence-electron chi connectivity index (χ1n) is 7.67. The molecule has 0 fully saturated rings. The summed E-state index contributed by atoms with van der Waals surface area (Å²) in [6.07, 6.45) is 4.95. The predicted octanol–water partition coefficient (Wildman–Crippen LogP) is 2.44. The van der Waals surface area contributed by atoms with Crippen LogP contribution in [-0.2, 0) is 16.4 Å². The molecule has 0 aliphatic carbocycles. The average Bonchev–Trinajstić information content (AvgIpc) is 2.92. The fourth-order valence-electron chi connectivity index (χ4n) is 2.68. The zero-order valence-corrected chi connectivity index (χ0v) is 14.8. The normalized spacial score (nSPS) is 13.6. The number of likely N-dealkylation sites (N-methyl/N-ethyl adjacent to an activating group) is 1. The summed E-state index contributed by atoms with van der Waals surface area (Å²) in [4.78, 5) is 5.39. The quantitative estimate of drug-likeness (QED) is 0.728. The van der Waals surface area contributed by atoms with Gasteiger partial charge < -0.3 is 9.88 Å². The predicted molar refractivity (Wildman–Crippen MR) is 96.1 cm³/mol. The van der Waals surface area contributed by atoms with E-state index in [2.05, 4.69) is 21.2 Å². The summed E-state index contributed by atoms with van der Waals surface area (Å²) < 4.78 is 27.0. The van der Waals surface area contributed by atoms with Crippen molar-refractivity contribution < 1.29 is 8.42 Å². The molecule has 126 valence electrons. The minimum Gasteiger partial charge on any atom is -0.361 e. The van der Waals surface area contributed by atoms with Crippen molar-refractivity contribution in [3.63, 3.8) is 0 Å². The molecule has 1 heterocycles. The second-order valence-electron chi connectivity index (χ2n) is 5.93. The van der Waals surface area contributed by atoms with Gasteiger partial charge >= 0.3 is 0 Å². The highest BCUT2D eigenvalue weighted by Gasteiger charge is 2.25. The molecule has 2 rings (SSSR count). The Bertz CT molecular complexity index is 778. The van der Waals surface area contributed by atoms with Crippen LogP contribution in [0.15, 0.2) is 37.1 Å². The summed E-state index contributed by atoms with van der Waals surface area (Å²) in [7, 11) is 2.12. The number of allylic oxidation sites excluding steroid dienone is 1. The molecule has 0 radical (unpaired) electrons. The van der Waals surface area contributed by atoms with E-state index in [1.165, 1.54) is 12.6 Å². The van der Waals surface area contributed by atoms with Gasteiger partial charge in [-0.1, -0.05) is 12.1 Å². The first-order valence-corrected chi connectivity index (χ1v) is 9.21. The second kappa shape index (κ2) is 7.29. The molecule has 6 heteroatoms. The molecule has 0 saturated carbocycles. The van der Waals surface area contributed by atoms with Gasteiger partial charge in [0.05, 0.1) is 0 Å². The highest BCUT2D eigenvalue weighted by molar-refractivity contribution is 7.89. The summed E-state index contributed by atoms with van der Waals surface area (Å²) >= 11 is 0. The van der Waals surface area contributed by atoms with Gasteiger partial charge in [-0.2, -0.15) is 0 Å². The summed E-state index contributed by atoms with van der Waals surface area (Å²) in [5.41, 5.74) is 3.02. The Morgan fingerprint density at radius 3 is 2.74 bits per heavy atom. The Morgan fingerprint density at radius 1 is 1.39 bits per heavy atom. The Labute approximate surface area is 138 Å². The molecule has 0 aliphatic rings. The lowest BCUT2D eigenvalue weighted by Gasteiger charge is -2.16. The van der Waals surface area contributed by atoms with Crippen molar-refractivity contribution in [2.24, 2.45) is 0 Å². The molecule has 2 aromatic rings. The zero-order chi connectivity index (χ0) is 17.0. The molecule has 0 spiro atoms. The van der Waals surface area contributed by atoms with Crippen molar-refractivity contribution in [3.8, 4) is 0 Å². The van der Waals surface area contributed by atoms with Crippen molar-refractivity contribution in [2.75, 3.05) is 27.7 Å². The number of H-pyrrole nitrogens is 1. The van der Waals surface area contributed by atoms with Crippen molar-refractivity contribution in [3.05, 3.63) is 48.2 Å². The van der Waals surface area contributed by atoms with Crippen LogP contribution in [0, 0.1) is 0 Å². The van der Waals surface area contributed by atoms with Gasteiger partial charge in [-0.15, -0.1) is 6.58 Å². The number of hydrogen-bond acceptors (Lipinski definition) is 3. The molecule has 1 aromatic heterocycles. The molecule has 1 unspecified atom stereocenters. The van der Waals surface area contributed by atoms with Gasteiger partial charge in [-0.05, 0) is 57.2 Å². The van der Waals surface area contributed by atoms with Crippen molar-refractivity contribution >= 4 is 20.9 Å². The molecular formula is C17H25N3O2S. The number of fused-ring (bicyclic) bond motifs is 1. The van der Waals surface area contributed by atoms with Crippen LogP contribution < -0.4 is 4.72 Å². The highest BCUT2D eigenvalue weighted by atomic mass is 32.2. The maximum absolute atomic E-state index is 12.3. The molecular weight excluding hydrogens is 310 g/mol. The number of rotatable bonds is 8. The molecule has 23 heavy (non-hydrogen) atoms. The molecule has 1 aromatic carbocycles. The van der Waals surface area contributed by atoms with Gasteiger partial charge in [0, 0.05) is 23.6 Å². The number of nitrogens with zero attached hydrogens (tertiary/aromatic N) is 1. The van der Waals surface area contributed by atoms with Crippen LogP contribution in [0.5, 0.6) is 0 Å². The lowest BCUT2D eigenvalue weighted by Crippen LogP contribution is -2.25. The molecule has 2 N–H and O–H groups in total.